The monoisotopic (exact) mass is 348 g/mol. The Morgan fingerprint density at radius 3 is 2.29 bits per heavy atom. The third-order valence-corrected chi connectivity index (χ3v) is 6.51. The smallest absolute Gasteiger partial charge is 0.270 e. The van der Waals surface area contributed by atoms with E-state index in [1.807, 2.05) is 0 Å². The fourth-order valence-electron chi connectivity index (χ4n) is 5.67. The minimum Gasteiger partial charge on any atom is -0.351 e. The van der Waals surface area contributed by atoms with Crippen LogP contribution >= 0.6 is 11.6 Å². The molecule has 1 aromatic carbocycles. The lowest BCUT2D eigenvalue weighted by Gasteiger charge is -2.56. The highest BCUT2D eigenvalue weighted by Gasteiger charge is 2.50. The van der Waals surface area contributed by atoms with Crippen LogP contribution in [0.15, 0.2) is 18.2 Å². The van der Waals surface area contributed by atoms with Crippen LogP contribution in [0.3, 0.4) is 0 Å². The van der Waals surface area contributed by atoms with E-state index in [-0.39, 0.29) is 22.0 Å². The predicted octanol–water partition coefficient (Wildman–Crippen LogP) is 4.19. The first kappa shape index (κ1) is 15.9. The van der Waals surface area contributed by atoms with E-state index in [1.165, 1.54) is 56.7 Å². The Balaban J connectivity index is 1.45. The first-order valence-electron chi connectivity index (χ1n) is 8.66. The second-order valence-electron chi connectivity index (χ2n) is 8.02. The van der Waals surface area contributed by atoms with Gasteiger partial charge in [0, 0.05) is 18.7 Å². The number of nitro groups is 1. The molecule has 0 saturated heterocycles. The largest absolute Gasteiger partial charge is 0.351 e. The molecule has 0 aliphatic heterocycles. The van der Waals surface area contributed by atoms with E-state index < -0.39 is 4.92 Å². The Morgan fingerprint density at radius 2 is 1.79 bits per heavy atom. The number of carbonyl (C=O) groups is 1. The van der Waals surface area contributed by atoms with Crippen molar-refractivity contribution in [3.63, 3.8) is 0 Å². The summed E-state index contributed by atoms with van der Waals surface area (Å²) in [7, 11) is 0. The van der Waals surface area contributed by atoms with Crippen molar-refractivity contribution in [1.29, 1.82) is 0 Å². The first-order valence-corrected chi connectivity index (χ1v) is 9.04. The van der Waals surface area contributed by atoms with Gasteiger partial charge < -0.3 is 5.32 Å². The van der Waals surface area contributed by atoms with Crippen LogP contribution in [-0.2, 0) is 0 Å². The Kier molecular flexibility index (Phi) is 3.79. The average molecular weight is 349 g/mol. The second kappa shape index (κ2) is 5.73. The number of amides is 1. The van der Waals surface area contributed by atoms with Gasteiger partial charge in [0.1, 0.15) is 0 Å². The van der Waals surface area contributed by atoms with Gasteiger partial charge in [-0.25, -0.2) is 0 Å². The van der Waals surface area contributed by atoms with Gasteiger partial charge in [-0.3, -0.25) is 14.9 Å². The Morgan fingerprint density at radius 1 is 1.21 bits per heavy atom. The van der Waals surface area contributed by atoms with Crippen molar-refractivity contribution < 1.29 is 9.72 Å². The summed E-state index contributed by atoms with van der Waals surface area (Å²) in [5.41, 5.74) is 0.474. The molecule has 1 aromatic rings. The summed E-state index contributed by atoms with van der Waals surface area (Å²) in [6.07, 6.45) is 7.82. The number of hydrogen-bond acceptors (Lipinski definition) is 3. The molecular formula is C18H21ClN2O3. The molecule has 1 amide bonds. The summed E-state index contributed by atoms with van der Waals surface area (Å²) in [4.78, 5) is 22.7. The average Bonchev–Trinajstić information content (AvgIpc) is 2.51. The molecule has 0 spiro atoms. The molecule has 4 bridgehead atoms. The molecule has 128 valence electrons. The van der Waals surface area contributed by atoms with Gasteiger partial charge in [0.05, 0.1) is 15.5 Å². The van der Waals surface area contributed by atoms with E-state index in [2.05, 4.69) is 5.32 Å². The summed E-state index contributed by atoms with van der Waals surface area (Å²) in [5, 5.41) is 13.9. The maximum Gasteiger partial charge on any atom is 0.270 e. The van der Waals surface area contributed by atoms with Gasteiger partial charge in [-0.2, -0.15) is 0 Å². The van der Waals surface area contributed by atoms with E-state index >= 15 is 0 Å². The van der Waals surface area contributed by atoms with E-state index in [1.54, 1.807) is 0 Å². The second-order valence-corrected chi connectivity index (χ2v) is 8.43. The predicted molar refractivity (Wildman–Crippen MR) is 91.0 cm³/mol. The highest BCUT2D eigenvalue weighted by atomic mass is 35.5. The number of carbonyl (C=O) groups excluding carboxylic acids is 1. The summed E-state index contributed by atoms with van der Waals surface area (Å²) in [5.74, 6) is 2.30. The molecule has 4 fully saturated rings. The van der Waals surface area contributed by atoms with Gasteiger partial charge in [0.15, 0.2) is 0 Å². The van der Waals surface area contributed by atoms with E-state index in [0.29, 0.717) is 12.1 Å². The molecule has 4 aliphatic carbocycles. The number of benzene rings is 1. The molecule has 4 saturated carbocycles. The number of non-ortho nitro benzene ring substituents is 1. The van der Waals surface area contributed by atoms with E-state index in [0.717, 1.165) is 17.8 Å². The summed E-state index contributed by atoms with van der Waals surface area (Å²) in [6.45, 7) is 0.697. The van der Waals surface area contributed by atoms with Crippen LogP contribution in [0.5, 0.6) is 0 Å². The zero-order chi connectivity index (χ0) is 16.9. The van der Waals surface area contributed by atoms with Crippen LogP contribution in [0, 0.1) is 33.3 Å². The van der Waals surface area contributed by atoms with E-state index in [4.69, 9.17) is 11.6 Å². The van der Waals surface area contributed by atoms with Crippen molar-refractivity contribution in [3.05, 3.63) is 38.9 Å². The molecule has 0 heterocycles. The fourth-order valence-corrected chi connectivity index (χ4v) is 5.93. The molecule has 1 N–H and O–H groups in total. The summed E-state index contributed by atoms with van der Waals surface area (Å²) < 4.78 is 0. The van der Waals surface area contributed by atoms with Gasteiger partial charge in [-0.15, -0.1) is 0 Å². The molecular weight excluding hydrogens is 328 g/mol. The number of rotatable bonds is 4. The lowest BCUT2D eigenvalue weighted by atomic mass is 9.49. The third-order valence-electron chi connectivity index (χ3n) is 6.20. The lowest BCUT2D eigenvalue weighted by Crippen LogP contribution is -2.51. The van der Waals surface area contributed by atoms with Gasteiger partial charge in [-0.1, -0.05) is 11.6 Å². The van der Waals surface area contributed by atoms with Crippen LogP contribution in [0.4, 0.5) is 5.69 Å². The molecule has 6 heteroatoms. The third kappa shape index (κ3) is 2.79. The lowest BCUT2D eigenvalue weighted by molar-refractivity contribution is -0.384. The molecule has 24 heavy (non-hydrogen) atoms. The van der Waals surface area contributed by atoms with Crippen molar-refractivity contribution in [2.45, 2.75) is 38.5 Å². The maximum atomic E-state index is 12.5. The van der Waals surface area contributed by atoms with Crippen LogP contribution in [0.1, 0.15) is 48.9 Å². The number of nitrogens with zero attached hydrogens (tertiary/aromatic N) is 1. The van der Waals surface area contributed by atoms with Crippen molar-refractivity contribution in [2.24, 2.45) is 23.2 Å². The van der Waals surface area contributed by atoms with Gasteiger partial charge in [0.25, 0.3) is 11.6 Å². The molecule has 5 rings (SSSR count). The first-order chi connectivity index (χ1) is 11.4. The quantitative estimate of drug-likeness (QED) is 0.654. The highest BCUT2D eigenvalue weighted by Crippen LogP contribution is 2.59. The van der Waals surface area contributed by atoms with Crippen LogP contribution < -0.4 is 5.32 Å². The topological polar surface area (TPSA) is 72.2 Å². The summed E-state index contributed by atoms with van der Waals surface area (Å²) in [6, 6.07) is 4.00. The molecule has 0 atom stereocenters. The number of nitro benzene ring substituents is 1. The van der Waals surface area contributed by atoms with Crippen molar-refractivity contribution in [2.75, 3.05) is 6.54 Å². The standard InChI is InChI=1S/C18H21ClN2O3/c19-16-6-14(21(23)24)1-2-15(16)17(22)20-10-18-7-11-3-12(8-18)5-13(4-11)9-18/h1-2,6,11-13H,3-5,7-10H2,(H,20,22). The van der Waals surface area contributed by atoms with Crippen LogP contribution in [-0.4, -0.2) is 17.4 Å². The Hall–Kier alpha value is -1.62. The molecule has 0 aromatic heterocycles. The minimum absolute atomic E-state index is 0.0994. The number of nitrogens with one attached hydrogen (secondary N) is 1. The molecule has 0 radical (unpaired) electrons. The summed E-state index contributed by atoms with van der Waals surface area (Å²) >= 11 is 6.06. The molecule has 4 aliphatic rings. The zero-order valence-corrected chi connectivity index (χ0v) is 14.2. The zero-order valence-electron chi connectivity index (χ0n) is 13.5. The van der Waals surface area contributed by atoms with Gasteiger partial charge in [-0.05, 0) is 67.8 Å². The maximum absolute atomic E-state index is 12.5. The van der Waals surface area contributed by atoms with Crippen molar-refractivity contribution >= 4 is 23.2 Å². The van der Waals surface area contributed by atoms with Crippen molar-refractivity contribution in [3.8, 4) is 0 Å². The molecule has 0 unspecified atom stereocenters. The van der Waals surface area contributed by atoms with Crippen LogP contribution in [0.2, 0.25) is 5.02 Å². The molecule has 5 nitrogen and oxygen atoms in total. The fraction of sp³-hybridized carbons (Fsp3) is 0.611. The minimum atomic E-state index is -0.511. The Bertz CT molecular complexity index is 668. The highest BCUT2D eigenvalue weighted by molar-refractivity contribution is 6.34. The normalized spacial score (nSPS) is 33.5. The van der Waals surface area contributed by atoms with Gasteiger partial charge in [0.2, 0.25) is 0 Å². The van der Waals surface area contributed by atoms with Gasteiger partial charge >= 0.3 is 0 Å². The SMILES string of the molecule is O=C(NCC12CC3CC(CC(C3)C1)C2)c1ccc([N+](=O)[O-])cc1Cl. The van der Waals surface area contributed by atoms with Crippen molar-refractivity contribution in [1.82, 2.24) is 5.32 Å². The van der Waals surface area contributed by atoms with E-state index in [9.17, 15) is 14.9 Å². The number of hydrogen-bond donors (Lipinski definition) is 1. The Labute approximate surface area is 145 Å². The number of halogens is 1. The van der Waals surface area contributed by atoms with Crippen LogP contribution in [0.25, 0.3) is 0 Å².